The van der Waals surface area contributed by atoms with Gasteiger partial charge in [-0.15, -0.1) is 0 Å². The second-order valence-electron chi connectivity index (χ2n) is 8.91. The predicted molar refractivity (Wildman–Crippen MR) is 106 cm³/mol. The van der Waals surface area contributed by atoms with Gasteiger partial charge in [-0.1, -0.05) is 41.5 Å². The van der Waals surface area contributed by atoms with Crippen molar-refractivity contribution in [3.8, 4) is 0 Å². The lowest BCUT2D eigenvalue weighted by Gasteiger charge is -2.39. The van der Waals surface area contributed by atoms with Crippen LogP contribution in [0.25, 0.3) is 0 Å². The molecule has 3 atom stereocenters. The SMILES string of the molecule is COC1=CN=CNC1C(C)(C)CCC(C)C1=CN=CNC1C(C)(C)C. The van der Waals surface area contributed by atoms with E-state index >= 15 is 0 Å². The van der Waals surface area contributed by atoms with E-state index in [1.807, 2.05) is 12.5 Å². The summed E-state index contributed by atoms with van der Waals surface area (Å²) in [4.78, 5) is 8.49. The van der Waals surface area contributed by atoms with Crippen LogP contribution in [0.4, 0.5) is 0 Å². The largest absolute Gasteiger partial charge is 0.497 e. The number of nitrogens with one attached hydrogen (secondary N) is 2. The van der Waals surface area contributed by atoms with Crippen molar-refractivity contribution in [1.29, 1.82) is 0 Å². The fourth-order valence-electron chi connectivity index (χ4n) is 3.64. The summed E-state index contributed by atoms with van der Waals surface area (Å²) in [5.74, 6) is 1.37. The molecule has 2 N–H and O–H groups in total. The molecular formula is C20H34N4O. The summed E-state index contributed by atoms with van der Waals surface area (Å²) in [6.45, 7) is 13.7. The first kappa shape index (κ1) is 19.5. The van der Waals surface area contributed by atoms with Crippen molar-refractivity contribution in [2.24, 2.45) is 26.7 Å². The van der Waals surface area contributed by atoms with Crippen LogP contribution in [0, 0.1) is 16.7 Å². The van der Waals surface area contributed by atoms with Gasteiger partial charge in [-0.3, -0.25) is 0 Å². The number of nitrogens with zero attached hydrogens (tertiary/aromatic N) is 2. The molecule has 25 heavy (non-hydrogen) atoms. The van der Waals surface area contributed by atoms with Crippen LogP contribution in [0.3, 0.4) is 0 Å². The Morgan fingerprint density at radius 3 is 2.24 bits per heavy atom. The van der Waals surface area contributed by atoms with Gasteiger partial charge in [0.25, 0.3) is 0 Å². The lowest BCUT2D eigenvalue weighted by atomic mass is 9.73. The van der Waals surface area contributed by atoms with Crippen molar-refractivity contribution in [3.05, 3.63) is 23.7 Å². The van der Waals surface area contributed by atoms with E-state index in [1.54, 1.807) is 13.4 Å². The van der Waals surface area contributed by atoms with Crippen LogP contribution in [0.15, 0.2) is 33.7 Å². The Bertz CT molecular complexity index is 581. The number of hydrogen-bond donors (Lipinski definition) is 2. The van der Waals surface area contributed by atoms with E-state index in [0.717, 1.165) is 18.6 Å². The van der Waals surface area contributed by atoms with Crippen molar-refractivity contribution in [2.75, 3.05) is 7.11 Å². The van der Waals surface area contributed by atoms with Gasteiger partial charge in [0, 0.05) is 6.20 Å². The van der Waals surface area contributed by atoms with E-state index in [4.69, 9.17) is 4.74 Å². The fourth-order valence-corrected chi connectivity index (χ4v) is 3.64. The summed E-state index contributed by atoms with van der Waals surface area (Å²) in [7, 11) is 1.71. The molecule has 0 fully saturated rings. The van der Waals surface area contributed by atoms with Crippen molar-refractivity contribution in [3.63, 3.8) is 0 Å². The maximum Gasteiger partial charge on any atom is 0.137 e. The van der Waals surface area contributed by atoms with Crippen LogP contribution in [0.2, 0.25) is 0 Å². The van der Waals surface area contributed by atoms with Gasteiger partial charge >= 0.3 is 0 Å². The molecule has 0 aromatic carbocycles. The highest BCUT2D eigenvalue weighted by molar-refractivity contribution is 5.59. The fraction of sp³-hybridized carbons (Fsp3) is 0.700. The van der Waals surface area contributed by atoms with E-state index in [9.17, 15) is 0 Å². The van der Waals surface area contributed by atoms with Crippen LogP contribution in [-0.4, -0.2) is 31.9 Å². The molecule has 2 aliphatic heterocycles. The first-order valence-corrected chi connectivity index (χ1v) is 9.16. The van der Waals surface area contributed by atoms with Crippen LogP contribution in [0.5, 0.6) is 0 Å². The average molecular weight is 347 g/mol. The molecule has 0 radical (unpaired) electrons. The van der Waals surface area contributed by atoms with E-state index in [2.05, 4.69) is 68.4 Å². The van der Waals surface area contributed by atoms with Gasteiger partial charge in [-0.2, -0.15) is 0 Å². The number of methoxy groups -OCH3 is 1. The third kappa shape index (κ3) is 4.65. The summed E-state index contributed by atoms with van der Waals surface area (Å²) < 4.78 is 5.52. The van der Waals surface area contributed by atoms with Gasteiger partial charge in [-0.25, -0.2) is 9.98 Å². The van der Waals surface area contributed by atoms with E-state index in [-0.39, 0.29) is 16.9 Å². The minimum absolute atomic E-state index is 0.0612. The van der Waals surface area contributed by atoms with E-state index in [0.29, 0.717) is 12.0 Å². The molecule has 0 aromatic rings. The molecule has 2 heterocycles. The molecule has 0 aliphatic carbocycles. The molecule has 140 valence electrons. The maximum absolute atomic E-state index is 5.52. The van der Waals surface area contributed by atoms with Crippen molar-refractivity contribution in [2.45, 2.75) is 66.5 Å². The summed E-state index contributed by atoms with van der Waals surface area (Å²) in [5, 5.41) is 6.81. The Morgan fingerprint density at radius 2 is 1.64 bits per heavy atom. The first-order valence-electron chi connectivity index (χ1n) is 9.16. The van der Waals surface area contributed by atoms with Crippen molar-refractivity contribution >= 4 is 12.7 Å². The highest BCUT2D eigenvalue weighted by atomic mass is 16.5. The molecule has 0 saturated heterocycles. The third-order valence-electron chi connectivity index (χ3n) is 5.35. The zero-order valence-electron chi connectivity index (χ0n) is 16.8. The topological polar surface area (TPSA) is 58.0 Å². The lowest BCUT2D eigenvalue weighted by Crippen LogP contribution is -2.45. The first-order chi connectivity index (χ1) is 11.7. The third-order valence-corrected chi connectivity index (χ3v) is 5.35. The van der Waals surface area contributed by atoms with Gasteiger partial charge in [0.15, 0.2) is 0 Å². The summed E-state index contributed by atoms with van der Waals surface area (Å²) in [6.07, 6.45) is 9.63. The molecule has 5 heteroatoms. The lowest BCUT2D eigenvalue weighted by molar-refractivity contribution is 0.169. The average Bonchev–Trinajstić information content (AvgIpc) is 2.59. The number of hydrogen-bond acceptors (Lipinski definition) is 5. The van der Waals surface area contributed by atoms with Crippen LogP contribution >= 0.6 is 0 Å². The summed E-state index contributed by atoms with van der Waals surface area (Å²) in [6, 6.07) is 0.481. The van der Waals surface area contributed by atoms with Gasteiger partial charge in [-0.05, 0) is 35.2 Å². The molecule has 0 spiro atoms. The van der Waals surface area contributed by atoms with Crippen LogP contribution in [0.1, 0.15) is 54.4 Å². The minimum atomic E-state index is 0.0612. The molecule has 3 unspecified atom stereocenters. The zero-order chi connectivity index (χ0) is 18.7. The zero-order valence-corrected chi connectivity index (χ0v) is 16.8. The number of rotatable bonds is 6. The van der Waals surface area contributed by atoms with E-state index in [1.165, 1.54) is 5.57 Å². The van der Waals surface area contributed by atoms with Crippen LogP contribution < -0.4 is 10.6 Å². The highest BCUT2D eigenvalue weighted by Crippen LogP contribution is 2.37. The summed E-state index contributed by atoms with van der Waals surface area (Å²) in [5.41, 5.74) is 1.62. The normalized spacial score (nSPS) is 24.8. The number of ether oxygens (including phenoxy) is 1. The van der Waals surface area contributed by atoms with Crippen molar-refractivity contribution < 1.29 is 4.74 Å². The van der Waals surface area contributed by atoms with E-state index < -0.39 is 0 Å². The summed E-state index contributed by atoms with van der Waals surface area (Å²) >= 11 is 0. The Kier molecular flexibility index (Phi) is 5.96. The minimum Gasteiger partial charge on any atom is -0.497 e. The van der Waals surface area contributed by atoms with Gasteiger partial charge < -0.3 is 15.4 Å². The molecular weight excluding hydrogens is 312 g/mol. The standard InChI is InChI=1S/C20H34N4O/c1-14(15-10-21-12-23-17(15)19(2,3)4)8-9-20(5,6)18-16(25-7)11-22-13-24-18/h10-14,17-18H,8-9H2,1-7H3,(H,21,23)(H,22,24). The monoisotopic (exact) mass is 346 g/mol. The Morgan fingerprint density at radius 1 is 1.04 bits per heavy atom. The molecule has 0 aromatic heterocycles. The smallest absolute Gasteiger partial charge is 0.137 e. The second-order valence-corrected chi connectivity index (χ2v) is 8.91. The Hall–Kier alpha value is -1.78. The number of aliphatic imine (C=N–C) groups is 2. The molecule has 0 bridgehead atoms. The van der Waals surface area contributed by atoms with Crippen LogP contribution in [-0.2, 0) is 4.74 Å². The molecule has 5 nitrogen and oxygen atoms in total. The quantitative estimate of drug-likeness (QED) is 0.768. The van der Waals surface area contributed by atoms with Gasteiger partial charge in [0.05, 0.1) is 38.1 Å². The van der Waals surface area contributed by atoms with Gasteiger partial charge in [0.2, 0.25) is 0 Å². The molecule has 2 rings (SSSR count). The Labute approximate surface area is 152 Å². The maximum atomic E-state index is 5.52. The van der Waals surface area contributed by atoms with Gasteiger partial charge in [0.1, 0.15) is 5.76 Å². The molecule has 0 saturated carbocycles. The molecule has 0 amide bonds. The predicted octanol–water partition coefficient (Wildman–Crippen LogP) is 3.85. The Balaban J connectivity index is 2.04. The van der Waals surface area contributed by atoms with Crippen molar-refractivity contribution in [1.82, 2.24) is 10.6 Å². The molecule has 2 aliphatic rings. The highest BCUT2D eigenvalue weighted by Gasteiger charge is 2.36. The second kappa shape index (κ2) is 7.63.